The average Bonchev–Trinajstić information content (AvgIpc) is 3.53. The zero-order valence-corrected chi connectivity index (χ0v) is 21.5. The number of carbonyl (C=O) groups excluding carboxylic acids is 1. The van der Waals surface area contributed by atoms with Gasteiger partial charge in [-0.15, -0.1) is 0 Å². The highest BCUT2D eigenvalue weighted by Crippen LogP contribution is 2.37. The summed E-state index contributed by atoms with van der Waals surface area (Å²) in [5, 5.41) is 7.45. The highest BCUT2D eigenvalue weighted by molar-refractivity contribution is 6.30. The molecule has 2 aromatic carbocycles. The molecule has 1 amide bonds. The number of amides is 1. The summed E-state index contributed by atoms with van der Waals surface area (Å²) in [5.41, 5.74) is 2.49. The summed E-state index contributed by atoms with van der Waals surface area (Å²) in [6.45, 7) is 1.62. The van der Waals surface area contributed by atoms with E-state index in [9.17, 15) is 4.79 Å². The van der Waals surface area contributed by atoms with Crippen molar-refractivity contribution >= 4 is 46.5 Å². The van der Waals surface area contributed by atoms with Crippen molar-refractivity contribution in [3.8, 4) is 17.2 Å². The van der Waals surface area contributed by atoms with Gasteiger partial charge in [0.1, 0.15) is 11.6 Å². The molecule has 9 nitrogen and oxygen atoms in total. The van der Waals surface area contributed by atoms with Crippen LogP contribution >= 0.6 is 11.6 Å². The van der Waals surface area contributed by atoms with Gasteiger partial charge in [0.15, 0.2) is 11.5 Å². The number of hydrogen-bond acceptors (Lipinski definition) is 7. The van der Waals surface area contributed by atoms with Crippen molar-refractivity contribution in [3.05, 3.63) is 59.8 Å². The number of nitrogens with one attached hydrogen (secondary N) is 2. The van der Waals surface area contributed by atoms with E-state index in [1.165, 1.54) is 6.42 Å². The van der Waals surface area contributed by atoms with Crippen LogP contribution in [0, 0.1) is 0 Å². The summed E-state index contributed by atoms with van der Waals surface area (Å²) in [7, 11) is 3.53. The average molecular weight is 521 g/mol. The molecule has 2 aromatic heterocycles. The zero-order valence-electron chi connectivity index (χ0n) is 20.8. The molecule has 0 saturated carbocycles. The van der Waals surface area contributed by atoms with E-state index in [1.807, 2.05) is 48.0 Å². The highest BCUT2D eigenvalue weighted by atomic mass is 35.5. The topological polar surface area (TPSA) is 93.5 Å². The lowest BCUT2D eigenvalue weighted by Gasteiger charge is -2.19. The number of pyridine rings is 1. The van der Waals surface area contributed by atoms with Gasteiger partial charge in [-0.3, -0.25) is 9.69 Å². The number of fused-ring (bicyclic) bond motifs is 1. The molecule has 1 unspecified atom stereocenters. The first kappa shape index (κ1) is 24.9. The van der Waals surface area contributed by atoms with Crippen LogP contribution in [0.4, 0.5) is 17.5 Å². The third-order valence-electron chi connectivity index (χ3n) is 6.51. The summed E-state index contributed by atoms with van der Waals surface area (Å²) in [5.74, 6) is 2.82. The molecule has 37 heavy (non-hydrogen) atoms. The fourth-order valence-electron chi connectivity index (χ4n) is 4.48. The predicted molar refractivity (Wildman–Crippen MR) is 145 cm³/mol. The molecule has 1 saturated heterocycles. The Morgan fingerprint density at radius 1 is 1.22 bits per heavy atom. The lowest BCUT2D eigenvalue weighted by Crippen LogP contribution is -2.30. The third-order valence-corrected chi connectivity index (χ3v) is 6.77. The normalized spacial score (nSPS) is 15.1. The molecule has 1 aliphatic heterocycles. The van der Waals surface area contributed by atoms with E-state index >= 15 is 0 Å². The second-order valence-electron chi connectivity index (χ2n) is 8.95. The number of carbonyl (C=O) groups is 1. The number of nitrogens with zero attached hydrogens (tertiary/aromatic N) is 4. The number of halogens is 1. The number of imidazole rings is 1. The van der Waals surface area contributed by atoms with Crippen molar-refractivity contribution in [2.45, 2.75) is 25.3 Å². The maximum atomic E-state index is 11.8. The predicted octanol–water partition coefficient (Wildman–Crippen LogP) is 5.27. The van der Waals surface area contributed by atoms with Crippen molar-refractivity contribution in [2.75, 3.05) is 30.4 Å². The van der Waals surface area contributed by atoms with Gasteiger partial charge in [-0.1, -0.05) is 11.6 Å². The van der Waals surface area contributed by atoms with Crippen molar-refractivity contribution in [1.82, 2.24) is 19.9 Å². The number of rotatable bonds is 10. The van der Waals surface area contributed by atoms with Gasteiger partial charge in [-0.05, 0) is 56.1 Å². The monoisotopic (exact) mass is 520 g/mol. The van der Waals surface area contributed by atoms with Crippen LogP contribution in [0.15, 0.2) is 54.7 Å². The Morgan fingerprint density at radius 3 is 2.78 bits per heavy atom. The largest absolute Gasteiger partial charge is 0.493 e. The second-order valence-corrected chi connectivity index (χ2v) is 9.39. The molecular weight excluding hydrogens is 492 g/mol. The molecule has 192 valence electrons. The Kier molecular flexibility index (Phi) is 7.43. The van der Waals surface area contributed by atoms with Gasteiger partial charge >= 0.3 is 0 Å². The fraction of sp³-hybridized carbons (Fsp3) is 0.296. The number of aryl methyl sites for hydroxylation is 1. The van der Waals surface area contributed by atoms with E-state index in [1.54, 1.807) is 30.3 Å². The van der Waals surface area contributed by atoms with Gasteiger partial charge in [-0.25, -0.2) is 9.97 Å². The smallest absolute Gasteiger partial charge is 0.215 e. The Bertz CT molecular complexity index is 1390. The summed E-state index contributed by atoms with van der Waals surface area (Å²) < 4.78 is 13.8. The minimum Gasteiger partial charge on any atom is -0.493 e. The van der Waals surface area contributed by atoms with E-state index in [0.29, 0.717) is 46.6 Å². The van der Waals surface area contributed by atoms with Crippen LogP contribution in [-0.2, 0) is 11.8 Å². The van der Waals surface area contributed by atoms with Crippen LogP contribution in [0.1, 0.15) is 19.3 Å². The minimum absolute atomic E-state index is 0.440. The zero-order chi connectivity index (χ0) is 25.8. The maximum absolute atomic E-state index is 11.8. The van der Waals surface area contributed by atoms with Gasteiger partial charge in [0, 0.05) is 54.7 Å². The van der Waals surface area contributed by atoms with Crippen molar-refractivity contribution in [2.24, 2.45) is 7.05 Å². The number of methoxy groups -OCH3 is 1. The first-order valence-corrected chi connectivity index (χ1v) is 12.6. The van der Waals surface area contributed by atoms with Gasteiger partial charge in [-0.2, -0.15) is 0 Å². The number of benzene rings is 2. The summed E-state index contributed by atoms with van der Waals surface area (Å²) in [6.07, 6.45) is 5.64. The minimum atomic E-state index is 0.440. The first-order chi connectivity index (χ1) is 18.0. The van der Waals surface area contributed by atoms with E-state index < -0.39 is 0 Å². The summed E-state index contributed by atoms with van der Waals surface area (Å²) in [4.78, 5) is 22.5. The molecule has 10 heteroatoms. The molecule has 1 aliphatic rings. The SMILES string of the molecule is COc1cc2c(cc1Oc1ccnc(N(C=O)CCC3CCCN3)c1)nc(Nc1ccc(Cl)cc1)n2C. The van der Waals surface area contributed by atoms with Crippen LogP contribution in [0.2, 0.25) is 5.02 Å². The standard InChI is InChI=1S/C27H29ClN6O3/c1-33-23-16-24(36-2)25(15-22(23)32-27(33)31-20-7-5-18(28)6-8-20)37-21-9-12-30-26(14-21)34(17-35)13-10-19-4-3-11-29-19/h5-9,12,14-17,19,29H,3-4,10-11,13H2,1-2H3,(H,31,32). The molecule has 1 fully saturated rings. The Labute approximate surface area is 220 Å². The summed E-state index contributed by atoms with van der Waals surface area (Å²) >= 11 is 6.00. The van der Waals surface area contributed by atoms with E-state index in [2.05, 4.69) is 15.6 Å². The number of hydrogen-bond donors (Lipinski definition) is 2. The van der Waals surface area contributed by atoms with Gasteiger partial charge in [0.2, 0.25) is 12.4 Å². The first-order valence-electron chi connectivity index (χ1n) is 12.2. The van der Waals surface area contributed by atoms with Crippen LogP contribution in [-0.4, -0.2) is 47.2 Å². The summed E-state index contributed by atoms with van der Waals surface area (Å²) in [6, 6.07) is 15.1. The molecule has 0 spiro atoms. The molecule has 1 atom stereocenters. The molecule has 0 aliphatic carbocycles. The second kappa shape index (κ2) is 11.1. The van der Waals surface area contributed by atoms with Crippen LogP contribution in [0.25, 0.3) is 11.0 Å². The molecule has 2 N–H and O–H groups in total. The van der Waals surface area contributed by atoms with Gasteiger partial charge in [0.25, 0.3) is 0 Å². The van der Waals surface area contributed by atoms with E-state index in [0.717, 1.165) is 42.5 Å². The van der Waals surface area contributed by atoms with Gasteiger partial charge < -0.3 is 24.7 Å². The molecule has 5 rings (SSSR count). The molecule has 0 bridgehead atoms. The number of ether oxygens (including phenoxy) is 2. The van der Waals surface area contributed by atoms with Crippen LogP contribution < -0.4 is 25.0 Å². The van der Waals surface area contributed by atoms with Gasteiger partial charge in [0.05, 0.1) is 18.1 Å². The van der Waals surface area contributed by atoms with Crippen LogP contribution in [0.3, 0.4) is 0 Å². The van der Waals surface area contributed by atoms with Crippen molar-refractivity contribution in [1.29, 1.82) is 0 Å². The lowest BCUT2D eigenvalue weighted by molar-refractivity contribution is -0.107. The Balaban J connectivity index is 1.37. The van der Waals surface area contributed by atoms with Crippen molar-refractivity contribution < 1.29 is 14.3 Å². The highest BCUT2D eigenvalue weighted by Gasteiger charge is 2.18. The molecular formula is C27H29ClN6O3. The quantitative estimate of drug-likeness (QED) is 0.275. The lowest BCUT2D eigenvalue weighted by atomic mass is 10.1. The Morgan fingerprint density at radius 2 is 2.05 bits per heavy atom. The molecule has 3 heterocycles. The van der Waals surface area contributed by atoms with Crippen LogP contribution in [0.5, 0.6) is 17.2 Å². The third kappa shape index (κ3) is 5.63. The molecule has 4 aromatic rings. The van der Waals surface area contributed by atoms with Crippen molar-refractivity contribution in [3.63, 3.8) is 0 Å². The number of anilines is 3. The number of aromatic nitrogens is 3. The maximum Gasteiger partial charge on any atom is 0.215 e. The molecule has 0 radical (unpaired) electrons. The van der Waals surface area contributed by atoms with E-state index in [4.69, 9.17) is 26.1 Å². The fourth-order valence-corrected chi connectivity index (χ4v) is 4.61. The van der Waals surface area contributed by atoms with E-state index in [-0.39, 0.29) is 0 Å². The Hall–Kier alpha value is -3.82.